The SMILES string of the molecule is CC(C)n1cc(-c2cncc(-c3cc(-c4ccc(CN)cc4)no3)n2)ccc1=O. The van der Waals surface area contributed by atoms with Crippen LogP contribution in [0.2, 0.25) is 0 Å². The minimum Gasteiger partial charge on any atom is -0.354 e. The molecule has 0 aliphatic carbocycles. The van der Waals surface area contributed by atoms with Gasteiger partial charge in [-0.1, -0.05) is 29.4 Å². The van der Waals surface area contributed by atoms with Gasteiger partial charge in [0.2, 0.25) is 0 Å². The van der Waals surface area contributed by atoms with Crippen LogP contribution in [0.4, 0.5) is 0 Å². The van der Waals surface area contributed by atoms with Crippen LogP contribution in [0.15, 0.2) is 70.4 Å². The van der Waals surface area contributed by atoms with Crippen molar-refractivity contribution in [1.82, 2.24) is 19.7 Å². The van der Waals surface area contributed by atoms with Gasteiger partial charge in [-0.15, -0.1) is 0 Å². The van der Waals surface area contributed by atoms with Crippen molar-refractivity contribution < 1.29 is 4.52 Å². The van der Waals surface area contributed by atoms with Crippen LogP contribution in [0, 0.1) is 0 Å². The summed E-state index contributed by atoms with van der Waals surface area (Å²) >= 11 is 0. The third kappa shape index (κ3) is 3.86. The average molecular weight is 387 g/mol. The van der Waals surface area contributed by atoms with E-state index >= 15 is 0 Å². The van der Waals surface area contributed by atoms with E-state index < -0.39 is 0 Å². The molecule has 0 radical (unpaired) electrons. The van der Waals surface area contributed by atoms with Crippen LogP contribution in [-0.2, 0) is 6.54 Å². The molecule has 3 aromatic heterocycles. The molecule has 3 heterocycles. The van der Waals surface area contributed by atoms with Gasteiger partial charge in [0.15, 0.2) is 5.76 Å². The summed E-state index contributed by atoms with van der Waals surface area (Å²) in [5.41, 5.74) is 10.3. The quantitative estimate of drug-likeness (QED) is 0.561. The normalized spacial score (nSPS) is 11.2. The van der Waals surface area contributed by atoms with Gasteiger partial charge in [0.05, 0.1) is 18.1 Å². The highest BCUT2D eigenvalue weighted by Crippen LogP contribution is 2.26. The van der Waals surface area contributed by atoms with Crippen molar-refractivity contribution in [2.24, 2.45) is 5.73 Å². The van der Waals surface area contributed by atoms with Crippen molar-refractivity contribution in [3.8, 4) is 34.0 Å². The van der Waals surface area contributed by atoms with E-state index in [1.54, 1.807) is 35.3 Å². The fourth-order valence-electron chi connectivity index (χ4n) is 3.03. The number of benzene rings is 1. The molecule has 7 heteroatoms. The molecule has 0 unspecified atom stereocenters. The molecule has 0 atom stereocenters. The van der Waals surface area contributed by atoms with Gasteiger partial charge in [0, 0.05) is 42.0 Å². The summed E-state index contributed by atoms with van der Waals surface area (Å²) < 4.78 is 7.17. The van der Waals surface area contributed by atoms with Gasteiger partial charge in [0.25, 0.3) is 5.56 Å². The number of nitrogens with two attached hydrogens (primary N) is 1. The number of aromatic nitrogens is 4. The van der Waals surface area contributed by atoms with Crippen molar-refractivity contribution in [1.29, 1.82) is 0 Å². The zero-order valence-electron chi connectivity index (χ0n) is 16.2. The summed E-state index contributed by atoms with van der Waals surface area (Å²) in [5, 5.41) is 4.15. The van der Waals surface area contributed by atoms with Gasteiger partial charge in [-0.05, 0) is 25.5 Å². The molecule has 0 aliphatic heterocycles. The molecule has 0 saturated heterocycles. The van der Waals surface area contributed by atoms with E-state index in [-0.39, 0.29) is 11.6 Å². The van der Waals surface area contributed by atoms with E-state index in [9.17, 15) is 4.79 Å². The summed E-state index contributed by atoms with van der Waals surface area (Å²) in [4.78, 5) is 20.9. The Morgan fingerprint density at radius 1 is 1.00 bits per heavy atom. The van der Waals surface area contributed by atoms with Crippen LogP contribution in [0.3, 0.4) is 0 Å². The van der Waals surface area contributed by atoms with Crippen LogP contribution >= 0.6 is 0 Å². The Kier molecular flexibility index (Phi) is 5.05. The fraction of sp³-hybridized carbons (Fsp3) is 0.182. The predicted molar refractivity (Wildman–Crippen MR) is 111 cm³/mol. The molecule has 0 amide bonds. The minimum atomic E-state index is -0.0478. The van der Waals surface area contributed by atoms with Gasteiger partial charge >= 0.3 is 0 Å². The predicted octanol–water partition coefficient (Wildman–Crippen LogP) is 3.67. The molecule has 1 aromatic carbocycles. The highest BCUT2D eigenvalue weighted by atomic mass is 16.5. The topological polar surface area (TPSA) is 99.8 Å². The first-order chi connectivity index (χ1) is 14.0. The van der Waals surface area contributed by atoms with E-state index in [2.05, 4.69) is 15.1 Å². The fourth-order valence-corrected chi connectivity index (χ4v) is 3.03. The number of pyridine rings is 1. The van der Waals surface area contributed by atoms with Gasteiger partial charge in [-0.25, -0.2) is 4.98 Å². The molecule has 4 rings (SSSR count). The average Bonchev–Trinajstić information content (AvgIpc) is 3.24. The maximum Gasteiger partial charge on any atom is 0.250 e. The van der Waals surface area contributed by atoms with E-state index in [4.69, 9.17) is 10.3 Å². The molecule has 0 saturated carbocycles. The lowest BCUT2D eigenvalue weighted by Crippen LogP contribution is -2.20. The standard InChI is InChI=1S/C22H21N5O2/c1-14(2)27-13-17(7-8-22(27)28)19-11-24-12-20(25-19)21-9-18(26-29-21)16-5-3-15(10-23)4-6-16/h3-9,11-14H,10,23H2,1-2H3. The second kappa shape index (κ2) is 7.81. The van der Waals surface area contributed by atoms with Crippen molar-refractivity contribution in [2.75, 3.05) is 0 Å². The molecule has 0 bridgehead atoms. The minimum absolute atomic E-state index is 0.0478. The molecule has 0 fully saturated rings. The summed E-state index contributed by atoms with van der Waals surface area (Å²) in [7, 11) is 0. The maximum absolute atomic E-state index is 12.0. The molecule has 4 aromatic rings. The van der Waals surface area contributed by atoms with E-state index in [0.29, 0.717) is 29.4 Å². The van der Waals surface area contributed by atoms with Crippen LogP contribution in [0.1, 0.15) is 25.5 Å². The highest BCUT2D eigenvalue weighted by molar-refractivity contribution is 5.66. The molecule has 2 N–H and O–H groups in total. The molecule has 146 valence electrons. The first-order valence-electron chi connectivity index (χ1n) is 9.36. The first-order valence-corrected chi connectivity index (χ1v) is 9.36. The highest BCUT2D eigenvalue weighted by Gasteiger charge is 2.12. The maximum atomic E-state index is 12.0. The molecule has 7 nitrogen and oxygen atoms in total. The van der Waals surface area contributed by atoms with Crippen molar-refractivity contribution in [3.63, 3.8) is 0 Å². The lowest BCUT2D eigenvalue weighted by Gasteiger charge is -2.11. The van der Waals surface area contributed by atoms with Crippen LogP contribution in [0.5, 0.6) is 0 Å². The van der Waals surface area contributed by atoms with Crippen LogP contribution < -0.4 is 11.3 Å². The molecular weight excluding hydrogens is 366 g/mol. The summed E-state index contributed by atoms with van der Waals surface area (Å²) in [6.45, 7) is 4.42. The van der Waals surface area contributed by atoms with Crippen molar-refractivity contribution >= 4 is 0 Å². The van der Waals surface area contributed by atoms with Crippen LogP contribution in [-0.4, -0.2) is 19.7 Å². The van der Waals surface area contributed by atoms with Gasteiger partial charge in [-0.2, -0.15) is 0 Å². The number of nitrogens with zero attached hydrogens (tertiary/aromatic N) is 4. The van der Waals surface area contributed by atoms with E-state index in [1.165, 1.54) is 0 Å². The number of hydrogen-bond donors (Lipinski definition) is 1. The third-order valence-corrected chi connectivity index (χ3v) is 4.67. The monoisotopic (exact) mass is 387 g/mol. The van der Waals surface area contributed by atoms with E-state index in [0.717, 1.165) is 16.7 Å². The molecule has 29 heavy (non-hydrogen) atoms. The van der Waals surface area contributed by atoms with Gasteiger partial charge in [0.1, 0.15) is 11.4 Å². The molecule has 0 spiro atoms. The Hall–Kier alpha value is -3.58. The van der Waals surface area contributed by atoms with E-state index in [1.807, 2.05) is 44.2 Å². The largest absolute Gasteiger partial charge is 0.354 e. The summed E-state index contributed by atoms with van der Waals surface area (Å²) in [6.07, 6.45) is 5.09. The Bertz CT molecular complexity index is 1190. The first kappa shape index (κ1) is 18.8. The third-order valence-electron chi connectivity index (χ3n) is 4.67. The van der Waals surface area contributed by atoms with Crippen molar-refractivity contribution in [2.45, 2.75) is 26.4 Å². The van der Waals surface area contributed by atoms with Crippen molar-refractivity contribution in [3.05, 3.63) is 77.0 Å². The number of rotatable bonds is 5. The van der Waals surface area contributed by atoms with Gasteiger partial charge in [-0.3, -0.25) is 9.78 Å². The summed E-state index contributed by atoms with van der Waals surface area (Å²) in [5.74, 6) is 0.523. The van der Waals surface area contributed by atoms with Gasteiger partial charge < -0.3 is 14.8 Å². The molecular formula is C22H21N5O2. The Morgan fingerprint density at radius 3 is 2.45 bits per heavy atom. The van der Waals surface area contributed by atoms with Crippen LogP contribution in [0.25, 0.3) is 34.0 Å². The Morgan fingerprint density at radius 2 is 1.72 bits per heavy atom. The zero-order chi connectivity index (χ0) is 20.4. The Balaban J connectivity index is 1.67. The summed E-state index contributed by atoms with van der Waals surface area (Å²) in [6, 6.07) is 13.0. The smallest absolute Gasteiger partial charge is 0.250 e. The number of hydrogen-bond acceptors (Lipinski definition) is 6. The zero-order valence-corrected chi connectivity index (χ0v) is 16.2. The Labute approximate surface area is 167 Å². The second-order valence-corrected chi connectivity index (χ2v) is 7.02. The second-order valence-electron chi connectivity index (χ2n) is 7.02. The lowest BCUT2D eigenvalue weighted by molar-refractivity contribution is 0.433. The lowest BCUT2D eigenvalue weighted by atomic mass is 10.1. The molecule has 0 aliphatic rings.